The summed E-state index contributed by atoms with van der Waals surface area (Å²) >= 11 is 3.76. The average molecular weight is 300 g/mol. The highest BCUT2D eigenvalue weighted by atomic mass is 79.9. The molecular weight excluding hydrogens is 294 g/mol. The minimum absolute atomic E-state index is 0.107. The summed E-state index contributed by atoms with van der Waals surface area (Å²) in [6.45, 7) is 0. The fourth-order valence-corrected chi connectivity index (χ4v) is 3.20. The van der Waals surface area contributed by atoms with Crippen molar-refractivity contribution in [3.05, 3.63) is 9.48 Å². The standard InChI is InChI=1S/C6H6BrNO4S2/c1-12-5(9)3-4(7)8-6(13-3)14(2,10)11/h1-2H3. The highest BCUT2D eigenvalue weighted by Gasteiger charge is 2.21. The second-order valence-electron chi connectivity index (χ2n) is 2.36. The molecule has 1 aromatic rings. The van der Waals surface area contributed by atoms with Gasteiger partial charge in [-0.05, 0) is 15.9 Å². The summed E-state index contributed by atoms with van der Waals surface area (Å²) in [5.41, 5.74) is 0. The van der Waals surface area contributed by atoms with Crippen molar-refractivity contribution in [2.24, 2.45) is 0 Å². The third-order valence-corrected chi connectivity index (χ3v) is 4.80. The van der Waals surface area contributed by atoms with E-state index in [2.05, 4.69) is 25.7 Å². The normalized spacial score (nSPS) is 11.4. The summed E-state index contributed by atoms with van der Waals surface area (Å²) in [6.07, 6.45) is 1.03. The number of esters is 1. The number of methoxy groups -OCH3 is 1. The first-order chi connectivity index (χ1) is 6.36. The van der Waals surface area contributed by atoms with Crippen molar-refractivity contribution in [3.8, 4) is 0 Å². The van der Waals surface area contributed by atoms with Gasteiger partial charge in [-0.25, -0.2) is 18.2 Å². The molecule has 0 unspecified atom stereocenters. The zero-order valence-electron chi connectivity index (χ0n) is 7.27. The molecule has 78 valence electrons. The van der Waals surface area contributed by atoms with Gasteiger partial charge in [-0.3, -0.25) is 0 Å². The van der Waals surface area contributed by atoms with Crippen molar-refractivity contribution in [2.45, 2.75) is 4.34 Å². The van der Waals surface area contributed by atoms with Gasteiger partial charge in [0.05, 0.1) is 7.11 Å². The monoisotopic (exact) mass is 299 g/mol. The lowest BCUT2D eigenvalue weighted by molar-refractivity contribution is 0.0605. The van der Waals surface area contributed by atoms with E-state index in [0.29, 0.717) is 0 Å². The Hall–Kier alpha value is -0.470. The summed E-state index contributed by atoms with van der Waals surface area (Å²) in [4.78, 5) is 14.9. The molecule has 1 aromatic heterocycles. The van der Waals surface area contributed by atoms with Gasteiger partial charge in [-0.15, -0.1) is 0 Å². The van der Waals surface area contributed by atoms with Crippen molar-refractivity contribution in [1.82, 2.24) is 4.98 Å². The summed E-state index contributed by atoms with van der Waals surface area (Å²) < 4.78 is 26.7. The zero-order chi connectivity index (χ0) is 10.9. The predicted octanol–water partition coefficient (Wildman–Crippen LogP) is 1.10. The number of sulfone groups is 1. The van der Waals surface area contributed by atoms with Gasteiger partial charge in [0.15, 0.2) is 0 Å². The first-order valence-corrected chi connectivity index (χ1v) is 6.81. The molecule has 5 nitrogen and oxygen atoms in total. The van der Waals surface area contributed by atoms with E-state index in [-0.39, 0.29) is 13.8 Å². The van der Waals surface area contributed by atoms with Gasteiger partial charge in [0, 0.05) is 6.26 Å². The van der Waals surface area contributed by atoms with E-state index in [9.17, 15) is 13.2 Å². The van der Waals surface area contributed by atoms with Crippen LogP contribution in [-0.2, 0) is 14.6 Å². The Labute approximate surface area is 93.2 Å². The van der Waals surface area contributed by atoms with Gasteiger partial charge in [-0.2, -0.15) is 0 Å². The summed E-state index contributed by atoms with van der Waals surface area (Å²) in [5.74, 6) is -0.607. The molecule has 0 fully saturated rings. The van der Waals surface area contributed by atoms with Gasteiger partial charge >= 0.3 is 5.97 Å². The Balaban J connectivity index is 3.25. The summed E-state index contributed by atoms with van der Waals surface area (Å²) in [5, 5.41) is 0. The molecular formula is C6H6BrNO4S2. The molecule has 0 aromatic carbocycles. The SMILES string of the molecule is COC(=O)c1sc(S(C)(=O)=O)nc1Br. The van der Waals surface area contributed by atoms with Gasteiger partial charge in [0.2, 0.25) is 14.2 Å². The Morgan fingerprint density at radius 2 is 2.14 bits per heavy atom. The Morgan fingerprint density at radius 1 is 1.57 bits per heavy atom. The molecule has 1 rings (SSSR count). The molecule has 0 radical (unpaired) electrons. The van der Waals surface area contributed by atoms with Gasteiger partial charge in [-0.1, -0.05) is 11.3 Å². The molecule has 0 amide bonds. The Kier molecular flexibility index (Phi) is 3.28. The fourth-order valence-electron chi connectivity index (χ4n) is 0.660. The Bertz CT molecular complexity index is 464. The Morgan fingerprint density at radius 3 is 2.50 bits per heavy atom. The minimum Gasteiger partial charge on any atom is -0.465 e. The maximum atomic E-state index is 11.1. The largest absolute Gasteiger partial charge is 0.465 e. The minimum atomic E-state index is -3.38. The van der Waals surface area contributed by atoms with E-state index in [1.807, 2.05) is 0 Å². The summed E-state index contributed by atoms with van der Waals surface area (Å²) in [7, 11) is -2.16. The second-order valence-corrected chi connectivity index (χ2v) is 6.30. The number of halogens is 1. The van der Waals surface area contributed by atoms with E-state index in [1.54, 1.807) is 0 Å². The number of ether oxygens (including phenoxy) is 1. The van der Waals surface area contributed by atoms with Gasteiger partial charge in [0.1, 0.15) is 9.48 Å². The lowest BCUT2D eigenvalue weighted by Gasteiger charge is -1.92. The molecule has 0 bridgehead atoms. The molecule has 8 heteroatoms. The van der Waals surface area contributed by atoms with Crippen molar-refractivity contribution in [2.75, 3.05) is 13.4 Å². The molecule has 1 heterocycles. The lowest BCUT2D eigenvalue weighted by Crippen LogP contribution is -1.98. The maximum Gasteiger partial charge on any atom is 0.350 e. The molecule has 0 atom stereocenters. The summed E-state index contributed by atoms with van der Waals surface area (Å²) in [6, 6.07) is 0. The predicted molar refractivity (Wildman–Crippen MR) is 54.3 cm³/mol. The van der Waals surface area contributed by atoms with Crippen LogP contribution in [0.5, 0.6) is 0 Å². The highest BCUT2D eigenvalue weighted by Crippen LogP contribution is 2.27. The van der Waals surface area contributed by atoms with E-state index >= 15 is 0 Å². The molecule has 0 N–H and O–H groups in total. The molecule has 0 saturated carbocycles. The van der Waals surface area contributed by atoms with Crippen molar-refractivity contribution in [1.29, 1.82) is 0 Å². The van der Waals surface area contributed by atoms with E-state index in [0.717, 1.165) is 17.6 Å². The third kappa shape index (κ3) is 2.31. The number of carbonyl (C=O) groups is 1. The first-order valence-electron chi connectivity index (χ1n) is 3.31. The fraction of sp³-hybridized carbons (Fsp3) is 0.333. The highest BCUT2D eigenvalue weighted by molar-refractivity contribution is 9.10. The molecule has 0 aliphatic carbocycles. The molecule has 0 spiro atoms. The van der Waals surface area contributed by atoms with Crippen LogP contribution in [0.15, 0.2) is 8.94 Å². The van der Waals surface area contributed by atoms with Crippen molar-refractivity contribution in [3.63, 3.8) is 0 Å². The second kappa shape index (κ2) is 3.95. The first kappa shape index (κ1) is 11.6. The van der Waals surface area contributed by atoms with Crippen LogP contribution in [0.1, 0.15) is 9.67 Å². The number of nitrogens with zero attached hydrogens (tertiary/aromatic N) is 1. The van der Waals surface area contributed by atoms with E-state index in [4.69, 9.17) is 0 Å². The smallest absolute Gasteiger partial charge is 0.350 e. The molecule has 0 saturated heterocycles. The zero-order valence-corrected chi connectivity index (χ0v) is 10.5. The van der Waals surface area contributed by atoms with Crippen molar-refractivity contribution >= 4 is 43.1 Å². The van der Waals surface area contributed by atoms with Crippen LogP contribution in [-0.4, -0.2) is 32.7 Å². The topological polar surface area (TPSA) is 73.3 Å². The third-order valence-electron chi connectivity index (χ3n) is 1.25. The number of thiazole rings is 1. The van der Waals surface area contributed by atoms with Crippen LogP contribution in [0.2, 0.25) is 0 Å². The van der Waals surface area contributed by atoms with Crippen LogP contribution in [0.4, 0.5) is 0 Å². The number of hydrogen-bond donors (Lipinski definition) is 0. The van der Waals surface area contributed by atoms with Crippen LogP contribution in [0, 0.1) is 0 Å². The molecule has 0 aliphatic heterocycles. The number of aromatic nitrogens is 1. The number of rotatable bonds is 2. The van der Waals surface area contributed by atoms with E-state index in [1.165, 1.54) is 7.11 Å². The van der Waals surface area contributed by atoms with Crippen LogP contribution in [0.3, 0.4) is 0 Å². The van der Waals surface area contributed by atoms with E-state index < -0.39 is 15.8 Å². The lowest BCUT2D eigenvalue weighted by atomic mass is 10.6. The quantitative estimate of drug-likeness (QED) is 0.765. The number of carbonyl (C=O) groups excluding carboxylic acids is 1. The van der Waals surface area contributed by atoms with Gasteiger partial charge in [0.25, 0.3) is 0 Å². The van der Waals surface area contributed by atoms with Crippen LogP contribution in [0.25, 0.3) is 0 Å². The molecule has 0 aliphatic rings. The van der Waals surface area contributed by atoms with Crippen LogP contribution < -0.4 is 0 Å². The van der Waals surface area contributed by atoms with Gasteiger partial charge < -0.3 is 4.74 Å². The molecule has 14 heavy (non-hydrogen) atoms. The number of hydrogen-bond acceptors (Lipinski definition) is 6. The maximum absolute atomic E-state index is 11.1. The average Bonchev–Trinajstić information content (AvgIpc) is 2.45. The van der Waals surface area contributed by atoms with Crippen molar-refractivity contribution < 1.29 is 17.9 Å². The van der Waals surface area contributed by atoms with Crippen LogP contribution >= 0.6 is 27.3 Å².